The summed E-state index contributed by atoms with van der Waals surface area (Å²) in [5.41, 5.74) is 1.88. The summed E-state index contributed by atoms with van der Waals surface area (Å²) in [5, 5.41) is 20.0. The van der Waals surface area contributed by atoms with Crippen LogP contribution in [0.4, 0.5) is 13.2 Å². The molecule has 1 aromatic heterocycles. The minimum absolute atomic E-state index is 0.103. The molecule has 4 rings (SSSR count). The third-order valence-electron chi connectivity index (χ3n) is 5.50. The number of halogens is 3. The van der Waals surface area contributed by atoms with Gasteiger partial charge in [-0.15, -0.1) is 0 Å². The second-order valence-electron chi connectivity index (χ2n) is 7.63. The van der Waals surface area contributed by atoms with Crippen LogP contribution in [0.25, 0.3) is 10.9 Å². The number of nitrogens with one attached hydrogen (secondary N) is 2. The Hall–Kier alpha value is -3.56. The van der Waals surface area contributed by atoms with Crippen LogP contribution < -0.4 is 5.32 Å². The molecule has 0 saturated heterocycles. The van der Waals surface area contributed by atoms with E-state index in [0.717, 1.165) is 5.56 Å². The average Bonchev–Trinajstić information content (AvgIpc) is 3.31. The minimum Gasteiger partial charge on any atom is -0.507 e. The van der Waals surface area contributed by atoms with Crippen molar-refractivity contribution in [1.29, 1.82) is 0 Å². The molecule has 1 atom stereocenters. The fourth-order valence-electron chi connectivity index (χ4n) is 4.01. The van der Waals surface area contributed by atoms with Gasteiger partial charge in [0.15, 0.2) is 0 Å². The molecule has 1 unspecified atom stereocenters. The summed E-state index contributed by atoms with van der Waals surface area (Å²) in [6.07, 6.45) is -5.77. The Morgan fingerprint density at radius 3 is 2.75 bits per heavy atom. The number of benzene rings is 2. The number of hydrogen-bond donors (Lipinski definition) is 3. The maximum Gasteiger partial charge on any atom is 0.389 e. The molecule has 0 bridgehead atoms. The number of rotatable bonds is 5. The van der Waals surface area contributed by atoms with Gasteiger partial charge in [-0.3, -0.25) is 14.7 Å². The zero-order valence-electron chi connectivity index (χ0n) is 17.2. The van der Waals surface area contributed by atoms with Crippen molar-refractivity contribution >= 4 is 22.7 Å². The van der Waals surface area contributed by atoms with Crippen LogP contribution in [-0.4, -0.2) is 44.7 Å². The van der Waals surface area contributed by atoms with Crippen LogP contribution in [0, 0.1) is 0 Å². The molecule has 3 N–H and O–H groups in total. The zero-order chi connectivity index (χ0) is 23.0. The molecule has 0 fully saturated rings. The second kappa shape index (κ2) is 8.18. The van der Waals surface area contributed by atoms with Crippen molar-refractivity contribution in [3.8, 4) is 5.75 Å². The fourth-order valence-corrected chi connectivity index (χ4v) is 4.01. The Morgan fingerprint density at radius 1 is 1.28 bits per heavy atom. The number of amides is 2. The SMILES string of the molecule is CCNC(=O)C1c2ccccc2CN1C(=O)c1cc2c(CCC(F)(F)F)n[nH]c2cc1O. The molecule has 2 heterocycles. The maximum atomic E-state index is 13.4. The molecular weight excluding hydrogens is 425 g/mol. The van der Waals surface area contributed by atoms with Crippen LogP contribution >= 0.6 is 0 Å². The molecule has 7 nitrogen and oxygen atoms in total. The van der Waals surface area contributed by atoms with E-state index in [4.69, 9.17) is 0 Å². The summed E-state index contributed by atoms with van der Waals surface area (Å²) in [5.74, 6) is -1.29. The summed E-state index contributed by atoms with van der Waals surface area (Å²) in [6, 6.07) is 8.91. The van der Waals surface area contributed by atoms with Crippen molar-refractivity contribution < 1.29 is 27.9 Å². The Bertz CT molecular complexity index is 1190. The highest BCUT2D eigenvalue weighted by Crippen LogP contribution is 2.37. The smallest absolute Gasteiger partial charge is 0.389 e. The Morgan fingerprint density at radius 2 is 2.03 bits per heavy atom. The van der Waals surface area contributed by atoms with E-state index in [1.165, 1.54) is 17.0 Å². The summed E-state index contributed by atoms with van der Waals surface area (Å²) >= 11 is 0. The molecule has 2 aromatic carbocycles. The summed E-state index contributed by atoms with van der Waals surface area (Å²) in [6.45, 7) is 2.32. The van der Waals surface area contributed by atoms with Gasteiger partial charge in [0.2, 0.25) is 5.91 Å². The van der Waals surface area contributed by atoms with Gasteiger partial charge in [-0.05, 0) is 24.1 Å². The van der Waals surface area contributed by atoms with E-state index in [9.17, 15) is 27.9 Å². The van der Waals surface area contributed by atoms with Gasteiger partial charge < -0.3 is 15.3 Å². The van der Waals surface area contributed by atoms with Gasteiger partial charge in [0, 0.05) is 37.4 Å². The number of alkyl halides is 3. The highest BCUT2D eigenvalue weighted by atomic mass is 19.4. The van der Waals surface area contributed by atoms with Crippen molar-refractivity contribution in [3.63, 3.8) is 0 Å². The molecule has 1 aliphatic rings. The number of aromatic nitrogens is 2. The lowest BCUT2D eigenvalue weighted by atomic mass is 10.0. The van der Waals surface area contributed by atoms with E-state index >= 15 is 0 Å². The number of H-pyrrole nitrogens is 1. The van der Waals surface area contributed by atoms with E-state index in [1.807, 2.05) is 12.1 Å². The Kier molecular flexibility index (Phi) is 5.53. The normalized spacial score (nSPS) is 15.8. The van der Waals surface area contributed by atoms with Crippen LogP contribution in [0.15, 0.2) is 36.4 Å². The first kappa shape index (κ1) is 21.7. The maximum absolute atomic E-state index is 13.4. The molecule has 3 aromatic rings. The van der Waals surface area contributed by atoms with Gasteiger partial charge in [0.1, 0.15) is 11.8 Å². The van der Waals surface area contributed by atoms with Crippen molar-refractivity contribution in [2.24, 2.45) is 0 Å². The van der Waals surface area contributed by atoms with E-state index in [-0.39, 0.29) is 35.9 Å². The fraction of sp³-hybridized carbons (Fsp3) is 0.318. The highest BCUT2D eigenvalue weighted by Gasteiger charge is 2.39. The number of aromatic amines is 1. The van der Waals surface area contributed by atoms with Crippen molar-refractivity contribution in [1.82, 2.24) is 20.4 Å². The number of likely N-dealkylation sites (N-methyl/N-ethyl adjacent to an activating group) is 1. The minimum atomic E-state index is -4.35. The average molecular weight is 446 g/mol. The largest absolute Gasteiger partial charge is 0.507 e. The van der Waals surface area contributed by atoms with Gasteiger partial charge >= 0.3 is 6.18 Å². The summed E-state index contributed by atoms with van der Waals surface area (Å²) in [7, 11) is 0. The molecule has 0 spiro atoms. The lowest BCUT2D eigenvalue weighted by Crippen LogP contribution is -2.39. The first-order chi connectivity index (χ1) is 15.2. The van der Waals surface area contributed by atoms with E-state index in [0.29, 0.717) is 23.0 Å². The number of fused-ring (bicyclic) bond motifs is 2. The lowest BCUT2D eigenvalue weighted by molar-refractivity contribution is -0.134. The standard InChI is InChI=1S/C22H21F3N4O3/c1-2-26-20(31)19-13-6-4-3-5-12(13)11-29(19)21(32)15-9-14-16(7-8-22(23,24)25)27-28-17(14)10-18(15)30/h3-6,9-10,19,30H,2,7-8,11H2,1H3,(H,26,31)(H,27,28). The van der Waals surface area contributed by atoms with Gasteiger partial charge in [-0.2, -0.15) is 18.3 Å². The Labute approximate surface area is 181 Å². The number of nitrogens with zero attached hydrogens (tertiary/aromatic N) is 2. The van der Waals surface area contributed by atoms with Gasteiger partial charge in [0.05, 0.1) is 16.8 Å². The molecule has 0 aliphatic carbocycles. The number of carbonyl (C=O) groups excluding carboxylic acids is 2. The van der Waals surface area contributed by atoms with E-state index < -0.39 is 24.5 Å². The molecule has 32 heavy (non-hydrogen) atoms. The summed E-state index contributed by atoms with van der Waals surface area (Å²) < 4.78 is 38.0. The van der Waals surface area contributed by atoms with Crippen LogP contribution in [-0.2, 0) is 17.8 Å². The third-order valence-corrected chi connectivity index (χ3v) is 5.50. The quantitative estimate of drug-likeness (QED) is 0.558. The molecule has 2 amide bonds. The van der Waals surface area contributed by atoms with Crippen LogP contribution in [0.3, 0.4) is 0 Å². The first-order valence-electron chi connectivity index (χ1n) is 10.1. The lowest BCUT2D eigenvalue weighted by Gasteiger charge is -2.25. The first-order valence-corrected chi connectivity index (χ1v) is 10.1. The van der Waals surface area contributed by atoms with Crippen LogP contribution in [0.5, 0.6) is 5.75 Å². The van der Waals surface area contributed by atoms with E-state index in [1.54, 1.807) is 19.1 Å². The number of aromatic hydroxyl groups is 1. The molecule has 10 heteroatoms. The third kappa shape index (κ3) is 4.00. The number of carbonyl (C=O) groups is 2. The van der Waals surface area contributed by atoms with E-state index in [2.05, 4.69) is 15.5 Å². The van der Waals surface area contributed by atoms with Gasteiger partial charge in [-0.1, -0.05) is 24.3 Å². The molecule has 0 saturated carbocycles. The molecule has 1 aliphatic heterocycles. The molecular formula is C22H21F3N4O3. The predicted molar refractivity (Wildman–Crippen MR) is 110 cm³/mol. The Balaban J connectivity index is 1.71. The number of hydrogen-bond acceptors (Lipinski definition) is 4. The van der Waals surface area contributed by atoms with Gasteiger partial charge in [0.25, 0.3) is 5.91 Å². The second-order valence-corrected chi connectivity index (χ2v) is 7.63. The van der Waals surface area contributed by atoms with Crippen LogP contribution in [0.1, 0.15) is 46.6 Å². The monoisotopic (exact) mass is 446 g/mol. The van der Waals surface area contributed by atoms with Crippen molar-refractivity contribution in [2.75, 3.05) is 6.54 Å². The van der Waals surface area contributed by atoms with Crippen molar-refractivity contribution in [2.45, 2.75) is 38.5 Å². The topological polar surface area (TPSA) is 98.3 Å². The number of phenolic OH excluding ortho intramolecular Hbond substituents is 1. The van der Waals surface area contributed by atoms with Crippen LogP contribution in [0.2, 0.25) is 0 Å². The zero-order valence-corrected chi connectivity index (χ0v) is 17.2. The molecule has 168 valence electrons. The summed E-state index contributed by atoms with van der Waals surface area (Å²) in [4.78, 5) is 27.5. The van der Waals surface area contributed by atoms with Crippen molar-refractivity contribution in [3.05, 3.63) is 58.8 Å². The van der Waals surface area contributed by atoms with Gasteiger partial charge in [-0.25, -0.2) is 0 Å². The highest BCUT2D eigenvalue weighted by molar-refractivity contribution is 6.03. The predicted octanol–water partition coefficient (Wildman–Crippen LogP) is 3.60. The number of phenols is 1. The molecule has 0 radical (unpaired) electrons. The number of aryl methyl sites for hydroxylation is 1.